The van der Waals surface area contributed by atoms with Gasteiger partial charge in [-0.05, 0) is 56.2 Å². The Labute approximate surface area is 163 Å². The molecule has 0 spiro atoms. The zero-order valence-electron chi connectivity index (χ0n) is 15.7. The molecule has 0 saturated carbocycles. The normalized spacial score (nSPS) is 14.7. The first-order valence-electron chi connectivity index (χ1n) is 9.37. The number of pyridine rings is 1. The van der Waals surface area contributed by atoms with E-state index in [0.717, 1.165) is 37.4 Å². The van der Waals surface area contributed by atoms with Gasteiger partial charge in [-0.15, -0.1) is 0 Å². The number of nitrogens with one attached hydrogen (secondary N) is 1. The van der Waals surface area contributed by atoms with Gasteiger partial charge < -0.3 is 15.0 Å². The summed E-state index contributed by atoms with van der Waals surface area (Å²) in [5.41, 5.74) is 1.01. The van der Waals surface area contributed by atoms with Gasteiger partial charge in [-0.2, -0.15) is 4.98 Å². The summed E-state index contributed by atoms with van der Waals surface area (Å²) in [4.78, 5) is 15.5. The van der Waals surface area contributed by atoms with Gasteiger partial charge in [0.15, 0.2) is 0 Å². The summed E-state index contributed by atoms with van der Waals surface area (Å²) < 4.78 is 18.7. The van der Waals surface area contributed by atoms with Crippen molar-refractivity contribution in [1.29, 1.82) is 0 Å². The highest BCUT2D eigenvalue weighted by atomic mass is 19.1. The summed E-state index contributed by atoms with van der Waals surface area (Å²) in [5, 5.41) is 3.51. The Hall–Kier alpha value is -3.22. The van der Waals surface area contributed by atoms with Crippen LogP contribution in [0.5, 0.6) is 11.6 Å². The number of piperidine rings is 1. The fourth-order valence-electron chi connectivity index (χ4n) is 3.22. The Morgan fingerprint density at radius 3 is 2.57 bits per heavy atom. The molecular formula is C21H22FN5O. The molecule has 0 bridgehead atoms. The average Bonchev–Trinajstić information content (AvgIpc) is 2.71. The van der Waals surface area contributed by atoms with Crippen LogP contribution in [0.2, 0.25) is 0 Å². The van der Waals surface area contributed by atoms with Gasteiger partial charge in [-0.25, -0.2) is 14.4 Å². The predicted octanol–water partition coefficient (Wildman–Crippen LogP) is 4.19. The van der Waals surface area contributed by atoms with Crippen molar-refractivity contribution in [3.63, 3.8) is 0 Å². The maximum atomic E-state index is 13.0. The number of rotatable bonds is 5. The Morgan fingerprint density at radius 1 is 1.04 bits per heavy atom. The van der Waals surface area contributed by atoms with Gasteiger partial charge in [-0.1, -0.05) is 6.07 Å². The Kier molecular flexibility index (Phi) is 5.32. The number of aryl methyl sites for hydroxylation is 1. The molecule has 0 amide bonds. The number of aromatic nitrogens is 3. The number of hydrogen-bond acceptors (Lipinski definition) is 6. The quantitative estimate of drug-likeness (QED) is 0.717. The summed E-state index contributed by atoms with van der Waals surface area (Å²) in [6.45, 7) is 3.69. The minimum absolute atomic E-state index is 0.298. The van der Waals surface area contributed by atoms with Gasteiger partial charge >= 0.3 is 0 Å². The van der Waals surface area contributed by atoms with Crippen LogP contribution in [0.25, 0.3) is 0 Å². The fraction of sp³-hybridized carbons (Fsp3) is 0.286. The lowest BCUT2D eigenvalue weighted by atomic mass is 10.1. The van der Waals surface area contributed by atoms with E-state index in [2.05, 4.69) is 25.2 Å². The zero-order chi connectivity index (χ0) is 19.3. The van der Waals surface area contributed by atoms with Crippen LogP contribution in [0.1, 0.15) is 18.5 Å². The highest BCUT2D eigenvalue weighted by Gasteiger charge is 2.21. The third-order valence-corrected chi connectivity index (χ3v) is 4.67. The molecule has 3 heterocycles. The topological polar surface area (TPSA) is 63.2 Å². The largest absolute Gasteiger partial charge is 0.439 e. The molecule has 7 heteroatoms. The summed E-state index contributed by atoms with van der Waals surface area (Å²) in [6, 6.07) is 14.0. The number of nitrogens with zero attached hydrogens (tertiary/aromatic N) is 4. The van der Waals surface area contributed by atoms with Crippen LogP contribution >= 0.6 is 0 Å². The van der Waals surface area contributed by atoms with E-state index in [4.69, 9.17) is 4.74 Å². The molecule has 3 aromatic rings. The van der Waals surface area contributed by atoms with Crippen molar-refractivity contribution in [2.24, 2.45) is 0 Å². The first-order chi connectivity index (χ1) is 13.7. The van der Waals surface area contributed by atoms with Crippen molar-refractivity contribution >= 4 is 11.8 Å². The molecule has 1 aromatic carbocycles. The second-order valence-electron chi connectivity index (χ2n) is 6.82. The highest BCUT2D eigenvalue weighted by molar-refractivity contribution is 5.38. The van der Waals surface area contributed by atoms with Gasteiger partial charge in [0.25, 0.3) is 0 Å². The fourth-order valence-corrected chi connectivity index (χ4v) is 3.22. The molecule has 28 heavy (non-hydrogen) atoms. The van der Waals surface area contributed by atoms with E-state index in [1.165, 1.54) is 12.1 Å². The first-order valence-corrected chi connectivity index (χ1v) is 9.37. The summed E-state index contributed by atoms with van der Waals surface area (Å²) in [7, 11) is 0. The van der Waals surface area contributed by atoms with Crippen molar-refractivity contribution in [3.8, 4) is 11.6 Å². The zero-order valence-corrected chi connectivity index (χ0v) is 15.7. The van der Waals surface area contributed by atoms with E-state index in [9.17, 15) is 4.39 Å². The van der Waals surface area contributed by atoms with Crippen molar-refractivity contribution in [2.45, 2.75) is 25.8 Å². The van der Waals surface area contributed by atoms with E-state index in [-0.39, 0.29) is 5.82 Å². The average molecular weight is 379 g/mol. The van der Waals surface area contributed by atoms with E-state index in [1.54, 1.807) is 24.4 Å². The van der Waals surface area contributed by atoms with Crippen LogP contribution in [0.15, 0.2) is 54.7 Å². The molecule has 1 saturated heterocycles. The molecule has 1 aliphatic heterocycles. The van der Waals surface area contributed by atoms with Crippen molar-refractivity contribution in [3.05, 3.63) is 66.2 Å². The predicted molar refractivity (Wildman–Crippen MR) is 106 cm³/mol. The Bertz CT molecular complexity index is 926. The lowest BCUT2D eigenvalue weighted by Crippen LogP contribution is -2.40. The summed E-state index contributed by atoms with van der Waals surface area (Å²) in [6.07, 6.45) is 3.63. The molecule has 6 nitrogen and oxygen atoms in total. The molecule has 4 rings (SSSR count). The van der Waals surface area contributed by atoms with E-state index in [0.29, 0.717) is 23.6 Å². The number of halogens is 1. The molecule has 1 fully saturated rings. The van der Waals surface area contributed by atoms with Crippen LogP contribution in [0, 0.1) is 12.7 Å². The number of hydrogen-bond donors (Lipinski definition) is 1. The molecule has 0 radical (unpaired) electrons. The standard InChI is InChI=1S/C21H22FN5O/c1-15-3-2-4-19(24-15)25-17-10-13-27(14-11-17)21-23-12-9-20(26-21)28-18-7-5-16(22)6-8-18/h2-9,12,17H,10-11,13-14H2,1H3,(H,24,25). The minimum atomic E-state index is -0.298. The molecule has 0 atom stereocenters. The number of anilines is 2. The van der Waals surface area contributed by atoms with Crippen molar-refractivity contribution in [1.82, 2.24) is 15.0 Å². The van der Waals surface area contributed by atoms with Crippen LogP contribution < -0.4 is 15.0 Å². The van der Waals surface area contributed by atoms with Gasteiger partial charge in [0.2, 0.25) is 11.8 Å². The Morgan fingerprint density at radius 2 is 1.82 bits per heavy atom. The Balaban J connectivity index is 1.36. The second-order valence-corrected chi connectivity index (χ2v) is 6.82. The maximum Gasteiger partial charge on any atom is 0.228 e. The van der Waals surface area contributed by atoms with Gasteiger partial charge in [0.05, 0.1) is 0 Å². The molecule has 1 N–H and O–H groups in total. The van der Waals surface area contributed by atoms with Gasteiger partial charge in [-0.3, -0.25) is 0 Å². The van der Waals surface area contributed by atoms with Crippen LogP contribution in [0.3, 0.4) is 0 Å². The van der Waals surface area contributed by atoms with E-state index < -0.39 is 0 Å². The maximum absolute atomic E-state index is 13.0. The van der Waals surface area contributed by atoms with Gasteiger partial charge in [0, 0.05) is 37.1 Å². The van der Waals surface area contributed by atoms with Crippen molar-refractivity contribution in [2.75, 3.05) is 23.3 Å². The molecule has 2 aromatic heterocycles. The summed E-state index contributed by atoms with van der Waals surface area (Å²) >= 11 is 0. The molecular weight excluding hydrogens is 357 g/mol. The molecule has 1 aliphatic rings. The third-order valence-electron chi connectivity index (χ3n) is 4.67. The lowest BCUT2D eigenvalue weighted by molar-refractivity contribution is 0.456. The summed E-state index contributed by atoms with van der Waals surface area (Å²) in [5.74, 6) is 2.25. The van der Waals surface area contributed by atoms with Crippen molar-refractivity contribution < 1.29 is 9.13 Å². The first kappa shape index (κ1) is 18.2. The third kappa shape index (κ3) is 4.54. The smallest absolute Gasteiger partial charge is 0.228 e. The molecule has 144 valence electrons. The van der Waals surface area contributed by atoms with Crippen LogP contribution in [-0.2, 0) is 0 Å². The molecule has 0 unspecified atom stereocenters. The lowest BCUT2D eigenvalue weighted by Gasteiger charge is -2.32. The number of ether oxygens (including phenoxy) is 1. The SMILES string of the molecule is Cc1cccc(NC2CCN(c3nccc(Oc4ccc(F)cc4)n3)CC2)n1. The monoisotopic (exact) mass is 379 g/mol. The molecule has 0 aliphatic carbocycles. The minimum Gasteiger partial charge on any atom is -0.439 e. The van der Waals surface area contributed by atoms with Gasteiger partial charge in [0.1, 0.15) is 17.4 Å². The van der Waals surface area contributed by atoms with Crippen LogP contribution in [0.4, 0.5) is 16.2 Å². The van der Waals surface area contributed by atoms with Crippen LogP contribution in [-0.4, -0.2) is 34.1 Å². The number of benzene rings is 1. The van der Waals surface area contributed by atoms with E-state index in [1.807, 2.05) is 25.1 Å². The second kappa shape index (κ2) is 8.21. The van der Waals surface area contributed by atoms with E-state index >= 15 is 0 Å². The highest BCUT2D eigenvalue weighted by Crippen LogP contribution is 2.23.